The zero-order valence-corrected chi connectivity index (χ0v) is 12.0. The second kappa shape index (κ2) is 6.13. The van der Waals surface area contributed by atoms with Crippen LogP contribution >= 0.6 is 11.6 Å². The molecule has 0 heterocycles. The smallest absolute Gasteiger partial charge is 0.337 e. The fourth-order valence-electron chi connectivity index (χ4n) is 2.47. The summed E-state index contributed by atoms with van der Waals surface area (Å²) in [5.74, 6) is -1.10. The van der Waals surface area contributed by atoms with Crippen LogP contribution in [0.15, 0.2) is 18.2 Å². The third-order valence-electron chi connectivity index (χ3n) is 3.65. The standard InChI is InChI=1S/C14H17ClN2O3/c1-17(10-4-2-3-5-10)14(20)16-12-8-9(15)6-7-11(12)13(18)19/h6-8,10H,2-5H2,1H3,(H,16,20)(H,18,19). The van der Waals surface area contributed by atoms with Crippen LogP contribution in [0.25, 0.3) is 0 Å². The third-order valence-corrected chi connectivity index (χ3v) is 3.88. The van der Waals surface area contributed by atoms with Crippen LogP contribution in [0.3, 0.4) is 0 Å². The first-order valence-corrected chi connectivity index (χ1v) is 6.93. The number of hydrogen-bond donors (Lipinski definition) is 2. The number of carboxylic acid groups (broad SMARTS) is 1. The van der Waals surface area contributed by atoms with Crippen LogP contribution in [0.4, 0.5) is 10.5 Å². The topological polar surface area (TPSA) is 69.6 Å². The van der Waals surface area contributed by atoms with Gasteiger partial charge in [0.15, 0.2) is 0 Å². The molecule has 1 aromatic carbocycles. The van der Waals surface area contributed by atoms with Crippen molar-refractivity contribution in [2.75, 3.05) is 12.4 Å². The highest BCUT2D eigenvalue weighted by molar-refractivity contribution is 6.31. The van der Waals surface area contributed by atoms with Gasteiger partial charge < -0.3 is 15.3 Å². The van der Waals surface area contributed by atoms with Crippen LogP contribution in [-0.2, 0) is 0 Å². The summed E-state index contributed by atoms with van der Waals surface area (Å²) in [7, 11) is 1.73. The lowest BCUT2D eigenvalue weighted by Gasteiger charge is -2.25. The molecule has 0 radical (unpaired) electrons. The van der Waals surface area contributed by atoms with Gasteiger partial charge in [0.1, 0.15) is 0 Å². The highest BCUT2D eigenvalue weighted by Gasteiger charge is 2.24. The number of aromatic carboxylic acids is 1. The molecule has 2 N–H and O–H groups in total. The van der Waals surface area contributed by atoms with E-state index in [9.17, 15) is 9.59 Å². The summed E-state index contributed by atoms with van der Waals surface area (Å²) in [5.41, 5.74) is 0.252. The second-order valence-electron chi connectivity index (χ2n) is 4.97. The summed E-state index contributed by atoms with van der Waals surface area (Å²) < 4.78 is 0. The number of rotatable bonds is 3. The van der Waals surface area contributed by atoms with Gasteiger partial charge in [0.05, 0.1) is 11.3 Å². The van der Waals surface area contributed by atoms with Crippen molar-refractivity contribution >= 4 is 29.3 Å². The summed E-state index contributed by atoms with van der Waals surface area (Å²) in [6.07, 6.45) is 4.23. The second-order valence-corrected chi connectivity index (χ2v) is 5.41. The first-order chi connectivity index (χ1) is 9.49. The Balaban J connectivity index is 2.14. The lowest BCUT2D eigenvalue weighted by molar-refractivity contribution is 0.0698. The average Bonchev–Trinajstić information content (AvgIpc) is 2.91. The highest BCUT2D eigenvalue weighted by atomic mass is 35.5. The molecular formula is C14H17ClN2O3. The van der Waals surface area contributed by atoms with E-state index in [0.717, 1.165) is 25.7 Å². The van der Waals surface area contributed by atoms with E-state index >= 15 is 0 Å². The minimum absolute atomic E-state index is 0.0302. The zero-order chi connectivity index (χ0) is 14.7. The predicted molar refractivity (Wildman–Crippen MR) is 77.4 cm³/mol. The number of anilines is 1. The first-order valence-electron chi connectivity index (χ1n) is 6.55. The molecule has 0 aliphatic heterocycles. The van der Waals surface area contributed by atoms with Gasteiger partial charge in [-0.3, -0.25) is 0 Å². The van der Waals surface area contributed by atoms with Gasteiger partial charge in [-0.15, -0.1) is 0 Å². The Labute approximate surface area is 122 Å². The Bertz CT molecular complexity index is 527. The van der Waals surface area contributed by atoms with Crippen LogP contribution in [0.2, 0.25) is 5.02 Å². The molecule has 0 saturated heterocycles. The Morgan fingerprint density at radius 2 is 2.00 bits per heavy atom. The summed E-state index contributed by atoms with van der Waals surface area (Å²) in [6, 6.07) is 4.24. The Hall–Kier alpha value is -1.75. The molecule has 0 unspecified atom stereocenters. The normalized spacial score (nSPS) is 15.1. The van der Waals surface area contributed by atoms with Crippen LogP contribution in [0.1, 0.15) is 36.0 Å². The molecule has 1 fully saturated rings. The molecule has 1 aromatic rings. The fraction of sp³-hybridized carbons (Fsp3) is 0.429. The van der Waals surface area contributed by atoms with Gasteiger partial charge in [0, 0.05) is 18.1 Å². The monoisotopic (exact) mass is 296 g/mol. The van der Waals surface area contributed by atoms with E-state index in [1.54, 1.807) is 11.9 Å². The molecule has 108 valence electrons. The van der Waals surface area contributed by atoms with E-state index in [4.69, 9.17) is 16.7 Å². The van der Waals surface area contributed by atoms with Crippen LogP contribution < -0.4 is 5.32 Å². The van der Waals surface area contributed by atoms with Crippen molar-refractivity contribution in [3.8, 4) is 0 Å². The van der Waals surface area contributed by atoms with Crippen molar-refractivity contribution < 1.29 is 14.7 Å². The number of carbonyl (C=O) groups excluding carboxylic acids is 1. The quantitative estimate of drug-likeness (QED) is 0.897. The van der Waals surface area contributed by atoms with Crippen molar-refractivity contribution in [2.45, 2.75) is 31.7 Å². The summed E-state index contributed by atoms with van der Waals surface area (Å²) in [6.45, 7) is 0. The molecule has 1 aliphatic carbocycles. The van der Waals surface area contributed by atoms with Gasteiger partial charge in [-0.1, -0.05) is 24.4 Å². The van der Waals surface area contributed by atoms with E-state index in [1.165, 1.54) is 18.2 Å². The van der Waals surface area contributed by atoms with Crippen LogP contribution in [0.5, 0.6) is 0 Å². The predicted octanol–water partition coefficient (Wildman–Crippen LogP) is 3.44. The molecule has 20 heavy (non-hydrogen) atoms. The number of urea groups is 1. The van der Waals surface area contributed by atoms with Gasteiger partial charge in [-0.2, -0.15) is 0 Å². The van der Waals surface area contributed by atoms with Crippen molar-refractivity contribution in [3.63, 3.8) is 0 Å². The van der Waals surface area contributed by atoms with Gasteiger partial charge >= 0.3 is 12.0 Å². The number of amides is 2. The maximum absolute atomic E-state index is 12.2. The largest absolute Gasteiger partial charge is 0.478 e. The highest BCUT2D eigenvalue weighted by Crippen LogP contribution is 2.25. The molecule has 0 atom stereocenters. The Kier molecular flexibility index (Phi) is 4.49. The van der Waals surface area contributed by atoms with E-state index in [2.05, 4.69) is 5.32 Å². The third kappa shape index (κ3) is 3.22. The summed E-state index contributed by atoms with van der Waals surface area (Å²) >= 11 is 5.85. The summed E-state index contributed by atoms with van der Waals surface area (Å²) in [4.78, 5) is 24.9. The van der Waals surface area contributed by atoms with E-state index in [1.807, 2.05) is 0 Å². The molecule has 2 amide bonds. The van der Waals surface area contributed by atoms with Gasteiger partial charge in [-0.25, -0.2) is 9.59 Å². The molecule has 0 aromatic heterocycles. The van der Waals surface area contributed by atoms with E-state index < -0.39 is 5.97 Å². The number of carbonyl (C=O) groups is 2. The fourth-order valence-corrected chi connectivity index (χ4v) is 2.64. The maximum atomic E-state index is 12.2. The lowest BCUT2D eigenvalue weighted by atomic mass is 10.2. The van der Waals surface area contributed by atoms with Gasteiger partial charge in [0.25, 0.3) is 0 Å². The summed E-state index contributed by atoms with van der Waals surface area (Å²) in [5, 5.41) is 12.1. The zero-order valence-electron chi connectivity index (χ0n) is 11.2. The Morgan fingerprint density at radius 3 is 2.60 bits per heavy atom. The molecule has 1 saturated carbocycles. The van der Waals surface area contributed by atoms with Gasteiger partial charge in [0.2, 0.25) is 0 Å². The number of nitrogens with zero attached hydrogens (tertiary/aromatic N) is 1. The molecule has 6 heteroatoms. The number of hydrogen-bond acceptors (Lipinski definition) is 2. The minimum atomic E-state index is -1.10. The first kappa shape index (κ1) is 14.7. The molecule has 1 aliphatic rings. The minimum Gasteiger partial charge on any atom is -0.478 e. The van der Waals surface area contributed by atoms with Crippen molar-refractivity contribution in [2.24, 2.45) is 0 Å². The van der Waals surface area contributed by atoms with Crippen molar-refractivity contribution in [3.05, 3.63) is 28.8 Å². The molecule has 0 bridgehead atoms. The molecule has 2 rings (SSSR count). The number of halogens is 1. The van der Waals surface area contributed by atoms with Crippen molar-refractivity contribution in [1.82, 2.24) is 4.90 Å². The maximum Gasteiger partial charge on any atom is 0.337 e. The van der Waals surface area contributed by atoms with Crippen LogP contribution in [-0.4, -0.2) is 35.1 Å². The molecule has 0 spiro atoms. The number of benzene rings is 1. The van der Waals surface area contributed by atoms with Gasteiger partial charge in [-0.05, 0) is 31.0 Å². The Morgan fingerprint density at radius 1 is 1.35 bits per heavy atom. The molecule has 5 nitrogen and oxygen atoms in total. The van der Waals surface area contributed by atoms with Crippen molar-refractivity contribution in [1.29, 1.82) is 0 Å². The number of carboxylic acids is 1. The van der Waals surface area contributed by atoms with E-state index in [0.29, 0.717) is 5.02 Å². The SMILES string of the molecule is CN(C(=O)Nc1cc(Cl)ccc1C(=O)O)C1CCCC1. The lowest BCUT2D eigenvalue weighted by Crippen LogP contribution is -2.38. The molecular weight excluding hydrogens is 280 g/mol. The number of nitrogens with one attached hydrogen (secondary N) is 1. The van der Waals surface area contributed by atoms with Crippen LogP contribution in [0, 0.1) is 0 Å². The average molecular weight is 297 g/mol. The van der Waals surface area contributed by atoms with E-state index in [-0.39, 0.29) is 23.3 Å².